The molecule has 0 saturated carbocycles. The second-order valence-corrected chi connectivity index (χ2v) is 4.12. The van der Waals surface area contributed by atoms with Gasteiger partial charge in [0.15, 0.2) is 0 Å². The van der Waals surface area contributed by atoms with Crippen LogP contribution in [0.2, 0.25) is 0 Å². The quantitative estimate of drug-likeness (QED) is 0.782. The summed E-state index contributed by atoms with van der Waals surface area (Å²) in [6.07, 6.45) is 5.87. The number of nitrogens with zero attached hydrogens (tertiary/aromatic N) is 2. The lowest BCUT2D eigenvalue weighted by Gasteiger charge is -2.20. The van der Waals surface area contributed by atoms with E-state index in [9.17, 15) is 0 Å². The van der Waals surface area contributed by atoms with Gasteiger partial charge in [-0.3, -0.25) is 4.68 Å². The molecule has 0 amide bonds. The molecule has 14 heavy (non-hydrogen) atoms. The first-order valence-electron chi connectivity index (χ1n) is 5.53. The highest BCUT2D eigenvalue weighted by molar-refractivity contribution is 5.20. The van der Waals surface area contributed by atoms with Crippen LogP contribution in [0.15, 0.2) is 6.20 Å². The molecule has 1 atom stereocenters. The number of rotatable bonds is 3. The van der Waals surface area contributed by atoms with Crippen molar-refractivity contribution >= 4 is 0 Å². The van der Waals surface area contributed by atoms with Crippen molar-refractivity contribution in [3.8, 4) is 0 Å². The van der Waals surface area contributed by atoms with Gasteiger partial charge in [-0.2, -0.15) is 5.10 Å². The lowest BCUT2D eigenvalue weighted by molar-refractivity contribution is 0.437. The molecule has 0 spiro atoms. The third-order valence-electron chi connectivity index (χ3n) is 3.04. The predicted molar refractivity (Wildman–Crippen MR) is 57.3 cm³/mol. The molecule has 1 aliphatic carbocycles. The fourth-order valence-corrected chi connectivity index (χ4v) is 2.26. The molecular weight excluding hydrogens is 174 g/mol. The normalized spacial score (nSPS) is 20.9. The van der Waals surface area contributed by atoms with Crippen molar-refractivity contribution in [3.63, 3.8) is 0 Å². The van der Waals surface area contributed by atoms with Gasteiger partial charge in [0.2, 0.25) is 0 Å². The van der Waals surface area contributed by atoms with E-state index in [1.807, 2.05) is 7.05 Å². The third-order valence-corrected chi connectivity index (χ3v) is 3.04. The second-order valence-electron chi connectivity index (χ2n) is 4.12. The van der Waals surface area contributed by atoms with E-state index in [-0.39, 0.29) is 0 Å². The van der Waals surface area contributed by atoms with E-state index in [4.69, 9.17) is 0 Å². The summed E-state index contributed by atoms with van der Waals surface area (Å²) in [5, 5.41) is 7.82. The van der Waals surface area contributed by atoms with Crippen molar-refractivity contribution in [1.29, 1.82) is 0 Å². The first-order chi connectivity index (χ1) is 6.83. The molecule has 0 saturated heterocycles. The maximum atomic E-state index is 4.56. The topological polar surface area (TPSA) is 29.9 Å². The summed E-state index contributed by atoms with van der Waals surface area (Å²) < 4.78 is 2.06. The monoisotopic (exact) mass is 193 g/mol. The van der Waals surface area contributed by atoms with Gasteiger partial charge in [-0.15, -0.1) is 0 Å². The van der Waals surface area contributed by atoms with Gasteiger partial charge in [-0.25, -0.2) is 0 Å². The zero-order chi connectivity index (χ0) is 9.97. The predicted octanol–water partition coefficient (Wildman–Crippen LogP) is 1.23. The largest absolute Gasteiger partial charge is 0.319 e. The summed E-state index contributed by atoms with van der Waals surface area (Å²) >= 11 is 0. The van der Waals surface area contributed by atoms with Gasteiger partial charge in [0.1, 0.15) is 0 Å². The molecule has 0 bridgehead atoms. The first-order valence-corrected chi connectivity index (χ1v) is 5.53. The maximum absolute atomic E-state index is 4.56. The van der Waals surface area contributed by atoms with Gasteiger partial charge in [0.05, 0.1) is 5.69 Å². The standard InChI is InChI=1S/C11H19N3/c1-3-14-8-10-6-9(7-12-2)4-5-11(10)13-14/h8-9,12H,3-7H2,1-2H3. The van der Waals surface area contributed by atoms with Crippen LogP contribution in [0.3, 0.4) is 0 Å². The molecule has 1 aromatic heterocycles. The molecule has 3 nitrogen and oxygen atoms in total. The van der Waals surface area contributed by atoms with E-state index in [1.165, 1.54) is 24.1 Å². The molecule has 1 heterocycles. The van der Waals surface area contributed by atoms with Crippen LogP contribution in [0, 0.1) is 5.92 Å². The van der Waals surface area contributed by atoms with Crippen molar-refractivity contribution in [1.82, 2.24) is 15.1 Å². The van der Waals surface area contributed by atoms with E-state index < -0.39 is 0 Å². The average Bonchev–Trinajstić information content (AvgIpc) is 2.60. The lowest BCUT2D eigenvalue weighted by Crippen LogP contribution is -2.24. The van der Waals surface area contributed by atoms with E-state index in [2.05, 4.69) is 28.2 Å². The summed E-state index contributed by atoms with van der Waals surface area (Å²) in [5.41, 5.74) is 2.80. The van der Waals surface area contributed by atoms with Crippen molar-refractivity contribution in [2.75, 3.05) is 13.6 Å². The Labute approximate surface area is 85.5 Å². The van der Waals surface area contributed by atoms with Crippen molar-refractivity contribution < 1.29 is 0 Å². The first kappa shape index (κ1) is 9.71. The molecule has 1 aliphatic rings. The minimum atomic E-state index is 0.807. The van der Waals surface area contributed by atoms with Gasteiger partial charge < -0.3 is 5.32 Å². The number of aryl methyl sites for hydroxylation is 2. The van der Waals surface area contributed by atoms with Gasteiger partial charge in [-0.05, 0) is 51.3 Å². The summed E-state index contributed by atoms with van der Waals surface area (Å²) in [6.45, 7) is 4.27. The SMILES string of the molecule is CCn1cc2c(n1)CCC(CNC)C2. The Balaban J connectivity index is 2.09. The average molecular weight is 193 g/mol. The Kier molecular flexibility index (Phi) is 2.87. The summed E-state index contributed by atoms with van der Waals surface area (Å²) in [7, 11) is 2.03. The highest BCUT2D eigenvalue weighted by atomic mass is 15.3. The van der Waals surface area contributed by atoms with Crippen LogP contribution in [0.4, 0.5) is 0 Å². The van der Waals surface area contributed by atoms with E-state index >= 15 is 0 Å². The fourth-order valence-electron chi connectivity index (χ4n) is 2.26. The molecule has 0 aromatic carbocycles. The highest BCUT2D eigenvalue weighted by Crippen LogP contribution is 2.23. The minimum Gasteiger partial charge on any atom is -0.319 e. The van der Waals surface area contributed by atoms with Crippen molar-refractivity contribution in [2.45, 2.75) is 32.7 Å². The summed E-state index contributed by atoms with van der Waals surface area (Å²) in [6, 6.07) is 0. The molecule has 78 valence electrons. The van der Waals surface area contributed by atoms with E-state index in [1.54, 1.807) is 0 Å². The van der Waals surface area contributed by atoms with Crippen molar-refractivity contribution in [2.24, 2.45) is 5.92 Å². The van der Waals surface area contributed by atoms with Gasteiger partial charge >= 0.3 is 0 Å². The molecule has 1 N–H and O–H groups in total. The van der Waals surface area contributed by atoms with Gasteiger partial charge in [0.25, 0.3) is 0 Å². The summed E-state index contributed by atoms with van der Waals surface area (Å²) in [4.78, 5) is 0. The number of aromatic nitrogens is 2. The number of nitrogens with one attached hydrogen (secondary N) is 1. The van der Waals surface area contributed by atoms with Crippen LogP contribution in [0.5, 0.6) is 0 Å². The molecule has 2 rings (SSSR count). The van der Waals surface area contributed by atoms with E-state index in [0.29, 0.717) is 0 Å². The fraction of sp³-hybridized carbons (Fsp3) is 0.727. The Bertz CT molecular complexity index is 303. The zero-order valence-electron chi connectivity index (χ0n) is 9.08. The Morgan fingerprint density at radius 1 is 1.64 bits per heavy atom. The Hall–Kier alpha value is -0.830. The van der Waals surface area contributed by atoms with E-state index in [0.717, 1.165) is 25.4 Å². The number of hydrogen-bond donors (Lipinski definition) is 1. The van der Waals surface area contributed by atoms with Gasteiger partial charge in [0, 0.05) is 12.7 Å². The molecule has 0 radical (unpaired) electrons. The lowest BCUT2D eigenvalue weighted by atomic mass is 9.88. The Morgan fingerprint density at radius 2 is 2.50 bits per heavy atom. The molecule has 0 fully saturated rings. The van der Waals surface area contributed by atoms with Crippen LogP contribution in [-0.4, -0.2) is 23.4 Å². The van der Waals surface area contributed by atoms with Crippen LogP contribution in [-0.2, 0) is 19.4 Å². The molecule has 1 unspecified atom stereocenters. The second kappa shape index (κ2) is 4.13. The molecule has 1 aromatic rings. The maximum Gasteiger partial charge on any atom is 0.0656 e. The van der Waals surface area contributed by atoms with Crippen LogP contribution in [0.25, 0.3) is 0 Å². The van der Waals surface area contributed by atoms with Crippen LogP contribution < -0.4 is 5.32 Å². The minimum absolute atomic E-state index is 0.807. The third kappa shape index (κ3) is 1.82. The highest BCUT2D eigenvalue weighted by Gasteiger charge is 2.20. The van der Waals surface area contributed by atoms with Crippen LogP contribution in [0.1, 0.15) is 24.6 Å². The molecule has 0 aliphatic heterocycles. The van der Waals surface area contributed by atoms with Gasteiger partial charge in [-0.1, -0.05) is 0 Å². The Morgan fingerprint density at radius 3 is 3.21 bits per heavy atom. The molecular formula is C11H19N3. The van der Waals surface area contributed by atoms with Crippen LogP contribution >= 0.6 is 0 Å². The molecule has 3 heteroatoms. The number of fused-ring (bicyclic) bond motifs is 1. The zero-order valence-corrected chi connectivity index (χ0v) is 9.08. The van der Waals surface area contributed by atoms with Crippen molar-refractivity contribution in [3.05, 3.63) is 17.5 Å². The summed E-state index contributed by atoms with van der Waals surface area (Å²) in [5.74, 6) is 0.807. The smallest absolute Gasteiger partial charge is 0.0656 e. The number of hydrogen-bond acceptors (Lipinski definition) is 2.